The molecule has 6 nitrogen and oxygen atoms in total. The van der Waals surface area contributed by atoms with Crippen molar-refractivity contribution < 1.29 is 9.59 Å². The molecule has 6 heteroatoms. The monoisotopic (exact) mass is 426 g/mol. The molecule has 1 saturated heterocycles. The minimum Gasteiger partial charge on any atom is -0.337 e. The Morgan fingerprint density at radius 2 is 1.78 bits per heavy atom. The lowest BCUT2D eigenvalue weighted by atomic mass is 9.86. The van der Waals surface area contributed by atoms with Gasteiger partial charge in [0.15, 0.2) is 0 Å². The smallest absolute Gasteiger partial charge is 0.272 e. The lowest BCUT2D eigenvalue weighted by molar-refractivity contribution is -0.124. The summed E-state index contributed by atoms with van der Waals surface area (Å²) in [6.07, 6.45) is 7.19. The molecule has 0 radical (unpaired) electrons. The van der Waals surface area contributed by atoms with Crippen molar-refractivity contribution in [2.75, 3.05) is 13.1 Å². The first kappa shape index (κ1) is 20.4. The third-order valence-corrected chi connectivity index (χ3v) is 6.72. The molecule has 3 aromatic rings. The highest BCUT2D eigenvalue weighted by molar-refractivity contribution is 5.96. The highest BCUT2D eigenvalue weighted by atomic mass is 16.2. The van der Waals surface area contributed by atoms with Crippen LogP contribution in [0.4, 0.5) is 0 Å². The van der Waals surface area contributed by atoms with Gasteiger partial charge < -0.3 is 9.47 Å². The summed E-state index contributed by atoms with van der Waals surface area (Å²) in [5.74, 6) is 0.190. The Bertz CT molecular complexity index is 1160. The molecule has 0 aliphatic carbocycles. The van der Waals surface area contributed by atoms with Crippen molar-refractivity contribution in [3.8, 4) is 0 Å². The molecule has 32 heavy (non-hydrogen) atoms. The second-order valence-corrected chi connectivity index (χ2v) is 8.56. The maximum atomic E-state index is 13.3. The number of likely N-dealkylation sites (tertiary alicyclic amines) is 1. The van der Waals surface area contributed by atoms with Crippen LogP contribution in [-0.4, -0.2) is 44.2 Å². The first-order valence-corrected chi connectivity index (χ1v) is 11.1. The second-order valence-electron chi connectivity index (χ2n) is 8.56. The van der Waals surface area contributed by atoms with E-state index in [9.17, 15) is 9.59 Å². The van der Waals surface area contributed by atoms with Gasteiger partial charge in [-0.3, -0.25) is 14.6 Å². The van der Waals surface area contributed by atoms with Crippen LogP contribution in [0.1, 0.15) is 54.0 Å². The number of carbonyl (C=O) groups excluding carboxylic acids is 2. The first-order chi connectivity index (χ1) is 15.6. The highest BCUT2D eigenvalue weighted by Gasteiger charge is 2.35. The van der Waals surface area contributed by atoms with Gasteiger partial charge >= 0.3 is 0 Å². The summed E-state index contributed by atoms with van der Waals surface area (Å²) in [5, 5.41) is 0. The van der Waals surface area contributed by atoms with E-state index in [1.165, 1.54) is 11.1 Å². The Hall–Kier alpha value is -3.54. The molecule has 2 aliphatic heterocycles. The molecule has 1 fully saturated rings. The highest BCUT2D eigenvalue weighted by Crippen LogP contribution is 2.44. The zero-order valence-corrected chi connectivity index (χ0v) is 18.1. The van der Waals surface area contributed by atoms with E-state index in [4.69, 9.17) is 0 Å². The Morgan fingerprint density at radius 3 is 2.50 bits per heavy atom. The lowest BCUT2D eigenvalue weighted by Gasteiger charge is -2.32. The zero-order chi connectivity index (χ0) is 22.1. The third-order valence-electron chi connectivity index (χ3n) is 6.72. The topological polar surface area (TPSA) is 68.1 Å². The van der Waals surface area contributed by atoms with E-state index in [-0.39, 0.29) is 23.7 Å². The number of rotatable bonds is 5. The number of fused-ring (bicyclic) bond motifs is 1. The van der Waals surface area contributed by atoms with Crippen LogP contribution in [0.3, 0.4) is 0 Å². The molecule has 1 aromatic carbocycles. The third kappa shape index (κ3) is 3.66. The van der Waals surface area contributed by atoms with Crippen LogP contribution in [0.5, 0.6) is 0 Å². The normalized spacial score (nSPS) is 18.7. The van der Waals surface area contributed by atoms with Crippen LogP contribution < -0.4 is 0 Å². The molecule has 162 valence electrons. The van der Waals surface area contributed by atoms with Crippen LogP contribution in [-0.2, 0) is 4.79 Å². The molecule has 0 N–H and O–H groups in total. The van der Waals surface area contributed by atoms with Gasteiger partial charge in [-0.15, -0.1) is 0 Å². The minimum absolute atomic E-state index is 0.0207. The lowest BCUT2D eigenvalue weighted by Crippen LogP contribution is -2.40. The quantitative estimate of drug-likeness (QED) is 0.611. The summed E-state index contributed by atoms with van der Waals surface area (Å²) in [5.41, 5.74) is 5.09. The van der Waals surface area contributed by atoms with Crippen LogP contribution in [0.15, 0.2) is 67.3 Å². The van der Waals surface area contributed by atoms with Gasteiger partial charge in [0.1, 0.15) is 11.5 Å². The van der Waals surface area contributed by atoms with Gasteiger partial charge in [-0.05, 0) is 48.6 Å². The standard InChI is InChI=1S/C26H26N4O2/c1-18-23-16-27-17-30(23)22(25(18)20-7-3-2-4-8-20)15-24(31)19-10-13-29(14-11-19)26(32)21-9-5-6-12-28-21/h2-9,12,16-17,19,22H,10-11,13-15H2,1H3. The Kier molecular flexibility index (Phi) is 5.43. The zero-order valence-electron chi connectivity index (χ0n) is 18.1. The van der Waals surface area contributed by atoms with Crippen molar-refractivity contribution in [3.05, 3.63) is 84.2 Å². The summed E-state index contributed by atoms with van der Waals surface area (Å²) in [7, 11) is 0. The van der Waals surface area contributed by atoms with Gasteiger partial charge in [-0.2, -0.15) is 0 Å². The van der Waals surface area contributed by atoms with Crippen molar-refractivity contribution in [2.24, 2.45) is 5.92 Å². The summed E-state index contributed by atoms with van der Waals surface area (Å²) in [6.45, 7) is 3.29. The number of hydrogen-bond acceptors (Lipinski definition) is 4. The van der Waals surface area contributed by atoms with Gasteiger partial charge in [0, 0.05) is 31.6 Å². The van der Waals surface area contributed by atoms with E-state index in [1.807, 2.05) is 41.7 Å². The van der Waals surface area contributed by atoms with E-state index in [0.29, 0.717) is 38.0 Å². The van der Waals surface area contributed by atoms with Crippen molar-refractivity contribution in [2.45, 2.75) is 32.2 Å². The molecule has 0 bridgehead atoms. The predicted molar refractivity (Wildman–Crippen MR) is 123 cm³/mol. The Labute approximate surface area is 187 Å². The molecular weight excluding hydrogens is 400 g/mol. The largest absolute Gasteiger partial charge is 0.337 e. The average Bonchev–Trinajstić information content (AvgIpc) is 3.43. The van der Waals surface area contributed by atoms with E-state index in [1.54, 1.807) is 18.3 Å². The number of nitrogens with zero attached hydrogens (tertiary/aromatic N) is 4. The number of Topliss-reactive ketones (excluding diaryl/α,β-unsaturated/α-hetero) is 1. The SMILES string of the molecule is CC1=C(c2ccccc2)C(CC(=O)C2CCN(C(=O)c3ccccn3)CC2)n2cncc21. The molecule has 2 aliphatic rings. The van der Waals surface area contributed by atoms with Crippen LogP contribution in [0, 0.1) is 5.92 Å². The van der Waals surface area contributed by atoms with Crippen LogP contribution >= 0.6 is 0 Å². The molecule has 1 unspecified atom stereocenters. The molecular formula is C26H26N4O2. The predicted octanol–water partition coefficient (Wildman–Crippen LogP) is 4.28. The summed E-state index contributed by atoms with van der Waals surface area (Å²) >= 11 is 0. The number of imidazole rings is 1. The average molecular weight is 427 g/mol. The van der Waals surface area contributed by atoms with Crippen molar-refractivity contribution in [1.29, 1.82) is 0 Å². The van der Waals surface area contributed by atoms with Gasteiger partial charge in [0.25, 0.3) is 5.91 Å². The maximum absolute atomic E-state index is 13.3. The summed E-state index contributed by atoms with van der Waals surface area (Å²) in [4.78, 5) is 36.3. The molecule has 1 amide bonds. The Balaban J connectivity index is 1.28. The number of ketones is 1. The molecule has 2 aromatic heterocycles. The van der Waals surface area contributed by atoms with E-state index >= 15 is 0 Å². The van der Waals surface area contributed by atoms with Gasteiger partial charge in [-0.25, -0.2) is 4.98 Å². The second kappa shape index (κ2) is 8.54. The van der Waals surface area contributed by atoms with Crippen molar-refractivity contribution in [1.82, 2.24) is 19.4 Å². The number of carbonyl (C=O) groups is 2. The van der Waals surface area contributed by atoms with Gasteiger partial charge in [-0.1, -0.05) is 36.4 Å². The van der Waals surface area contributed by atoms with Crippen molar-refractivity contribution >= 4 is 22.8 Å². The van der Waals surface area contributed by atoms with Crippen LogP contribution in [0.2, 0.25) is 0 Å². The molecule has 5 rings (SSSR count). The van der Waals surface area contributed by atoms with Gasteiger partial charge in [0.05, 0.1) is 24.3 Å². The van der Waals surface area contributed by atoms with Gasteiger partial charge in [0.2, 0.25) is 0 Å². The minimum atomic E-state index is -0.0553. The fraction of sp³-hybridized carbons (Fsp3) is 0.308. The fourth-order valence-corrected chi connectivity index (χ4v) is 5.01. The summed E-state index contributed by atoms with van der Waals surface area (Å²) < 4.78 is 2.13. The van der Waals surface area contributed by atoms with Crippen molar-refractivity contribution in [3.63, 3.8) is 0 Å². The number of aromatic nitrogens is 3. The number of pyridine rings is 1. The number of allylic oxidation sites excluding steroid dienone is 2. The first-order valence-electron chi connectivity index (χ1n) is 11.1. The maximum Gasteiger partial charge on any atom is 0.272 e. The fourth-order valence-electron chi connectivity index (χ4n) is 5.01. The van der Waals surface area contributed by atoms with E-state index in [0.717, 1.165) is 11.3 Å². The number of benzene rings is 1. The summed E-state index contributed by atoms with van der Waals surface area (Å²) in [6, 6.07) is 15.6. The molecule has 0 spiro atoms. The van der Waals surface area contributed by atoms with Crippen LogP contribution in [0.25, 0.3) is 11.1 Å². The number of piperidine rings is 1. The Morgan fingerprint density at radius 1 is 1.03 bits per heavy atom. The van der Waals surface area contributed by atoms with E-state index < -0.39 is 0 Å². The molecule has 4 heterocycles. The number of hydrogen-bond donors (Lipinski definition) is 0. The molecule has 0 saturated carbocycles. The van der Waals surface area contributed by atoms with E-state index in [2.05, 4.69) is 33.6 Å². The number of amides is 1. The molecule has 1 atom stereocenters.